The highest BCUT2D eigenvalue weighted by molar-refractivity contribution is 6.30. The smallest absolute Gasteiger partial charge is 0.228 e. The number of rotatable bonds is 4. The molecule has 2 amide bonds. The second-order valence-electron chi connectivity index (χ2n) is 5.93. The molecule has 4 nitrogen and oxygen atoms in total. The van der Waals surface area contributed by atoms with Crippen molar-refractivity contribution in [2.75, 3.05) is 5.32 Å². The molecular formula is C16H19ClN2O2. The minimum Gasteiger partial charge on any atom is -0.353 e. The zero-order chi connectivity index (χ0) is 14.8. The summed E-state index contributed by atoms with van der Waals surface area (Å²) in [5.41, 5.74) is 0.714. The van der Waals surface area contributed by atoms with Gasteiger partial charge in [-0.2, -0.15) is 0 Å². The largest absolute Gasteiger partial charge is 0.353 e. The van der Waals surface area contributed by atoms with Crippen LogP contribution in [-0.4, -0.2) is 17.9 Å². The molecule has 0 saturated heterocycles. The van der Waals surface area contributed by atoms with Crippen molar-refractivity contribution >= 4 is 29.1 Å². The van der Waals surface area contributed by atoms with E-state index in [0.29, 0.717) is 23.2 Å². The van der Waals surface area contributed by atoms with Gasteiger partial charge in [0.15, 0.2) is 0 Å². The molecule has 2 unspecified atom stereocenters. The van der Waals surface area contributed by atoms with E-state index in [-0.39, 0.29) is 23.7 Å². The van der Waals surface area contributed by atoms with Gasteiger partial charge >= 0.3 is 0 Å². The van der Waals surface area contributed by atoms with Gasteiger partial charge in [-0.3, -0.25) is 9.59 Å². The van der Waals surface area contributed by atoms with Gasteiger partial charge in [0.25, 0.3) is 0 Å². The summed E-state index contributed by atoms with van der Waals surface area (Å²) in [4.78, 5) is 24.2. The minimum absolute atomic E-state index is 0.0400. The second kappa shape index (κ2) is 6.06. The minimum atomic E-state index is -0.193. The molecule has 1 aromatic carbocycles. The fourth-order valence-electron chi connectivity index (χ4n) is 2.92. The van der Waals surface area contributed by atoms with Crippen LogP contribution in [0.5, 0.6) is 0 Å². The van der Waals surface area contributed by atoms with Crippen LogP contribution >= 0.6 is 11.6 Å². The molecule has 0 spiro atoms. The third-order valence-corrected chi connectivity index (χ3v) is 4.53. The van der Waals surface area contributed by atoms with Crippen LogP contribution in [0, 0.1) is 11.8 Å². The van der Waals surface area contributed by atoms with Crippen LogP contribution in [0.3, 0.4) is 0 Å². The number of halogens is 1. The van der Waals surface area contributed by atoms with Gasteiger partial charge in [-0.25, -0.2) is 0 Å². The second-order valence-corrected chi connectivity index (χ2v) is 6.37. The Labute approximate surface area is 129 Å². The van der Waals surface area contributed by atoms with Crippen LogP contribution < -0.4 is 10.6 Å². The van der Waals surface area contributed by atoms with E-state index >= 15 is 0 Å². The molecule has 0 aromatic heterocycles. The Morgan fingerprint density at radius 1 is 1.00 bits per heavy atom. The topological polar surface area (TPSA) is 58.2 Å². The molecule has 2 aliphatic rings. The maximum atomic E-state index is 12.1. The summed E-state index contributed by atoms with van der Waals surface area (Å²) in [5, 5.41) is 6.53. The molecule has 0 bridgehead atoms. The average Bonchev–Trinajstić information content (AvgIpc) is 3.13. The van der Waals surface area contributed by atoms with E-state index in [9.17, 15) is 9.59 Å². The molecule has 2 fully saturated rings. The molecule has 0 aliphatic heterocycles. The Balaban J connectivity index is 1.48. The monoisotopic (exact) mass is 306 g/mol. The normalized spacial score (nSPS) is 24.6. The number of nitrogens with one attached hydrogen (secondary N) is 2. The van der Waals surface area contributed by atoms with Crippen molar-refractivity contribution in [3.63, 3.8) is 0 Å². The molecule has 3 rings (SSSR count). The molecule has 2 saturated carbocycles. The predicted molar refractivity (Wildman–Crippen MR) is 82.1 cm³/mol. The van der Waals surface area contributed by atoms with Gasteiger partial charge < -0.3 is 10.6 Å². The van der Waals surface area contributed by atoms with Crippen molar-refractivity contribution in [3.8, 4) is 0 Å². The molecule has 2 N–H and O–H groups in total. The summed E-state index contributed by atoms with van der Waals surface area (Å²) in [7, 11) is 0. The lowest BCUT2D eigenvalue weighted by atomic mass is 10.2. The summed E-state index contributed by atoms with van der Waals surface area (Å²) in [6.07, 6.45) is 5.17. The molecule has 0 radical (unpaired) electrons. The van der Waals surface area contributed by atoms with E-state index < -0.39 is 0 Å². The predicted octanol–water partition coefficient (Wildman–Crippen LogP) is 2.97. The van der Waals surface area contributed by atoms with E-state index in [1.807, 2.05) is 0 Å². The lowest BCUT2D eigenvalue weighted by Crippen LogP contribution is -2.34. The number of amides is 2. The number of benzene rings is 1. The first-order valence-electron chi connectivity index (χ1n) is 7.50. The van der Waals surface area contributed by atoms with Crippen molar-refractivity contribution in [2.45, 2.75) is 38.1 Å². The van der Waals surface area contributed by atoms with Crippen molar-refractivity contribution in [1.82, 2.24) is 5.32 Å². The van der Waals surface area contributed by atoms with E-state index in [2.05, 4.69) is 10.6 Å². The summed E-state index contributed by atoms with van der Waals surface area (Å²) >= 11 is 5.80. The maximum absolute atomic E-state index is 12.1. The number of carbonyl (C=O) groups excluding carboxylic acids is 2. The van der Waals surface area contributed by atoms with Gasteiger partial charge in [0.05, 0.1) is 11.8 Å². The van der Waals surface area contributed by atoms with Gasteiger partial charge in [0, 0.05) is 16.8 Å². The van der Waals surface area contributed by atoms with Crippen molar-refractivity contribution < 1.29 is 9.59 Å². The number of carbonyl (C=O) groups is 2. The highest BCUT2D eigenvalue weighted by Crippen LogP contribution is 2.40. The van der Waals surface area contributed by atoms with Gasteiger partial charge in [0.2, 0.25) is 11.8 Å². The number of anilines is 1. The maximum Gasteiger partial charge on any atom is 0.228 e. The molecular weight excluding hydrogens is 288 g/mol. The fraction of sp³-hybridized carbons (Fsp3) is 0.500. The van der Waals surface area contributed by atoms with Gasteiger partial charge in [0.1, 0.15) is 0 Å². The van der Waals surface area contributed by atoms with Gasteiger partial charge in [-0.05, 0) is 43.5 Å². The van der Waals surface area contributed by atoms with Crippen molar-refractivity contribution in [2.24, 2.45) is 11.8 Å². The van der Waals surface area contributed by atoms with Crippen LogP contribution in [0.25, 0.3) is 0 Å². The highest BCUT2D eigenvalue weighted by Gasteiger charge is 2.48. The van der Waals surface area contributed by atoms with Crippen LogP contribution in [0.15, 0.2) is 24.3 Å². The first kappa shape index (κ1) is 14.4. The number of hydrogen-bond acceptors (Lipinski definition) is 2. The van der Waals surface area contributed by atoms with Crippen LogP contribution in [0.2, 0.25) is 5.02 Å². The Bertz CT molecular complexity index is 538. The third-order valence-electron chi connectivity index (χ3n) is 4.28. The van der Waals surface area contributed by atoms with Crippen molar-refractivity contribution in [1.29, 1.82) is 0 Å². The lowest BCUT2D eigenvalue weighted by molar-refractivity contribution is -0.125. The molecule has 1 aromatic rings. The van der Waals surface area contributed by atoms with Crippen LogP contribution in [-0.2, 0) is 9.59 Å². The summed E-state index contributed by atoms with van der Waals surface area (Å²) < 4.78 is 0. The third kappa shape index (κ3) is 3.56. The zero-order valence-corrected chi connectivity index (χ0v) is 12.5. The molecule has 2 atom stereocenters. The first-order valence-corrected chi connectivity index (χ1v) is 7.88. The SMILES string of the molecule is O=C(Nc1ccc(Cl)cc1)C1CC1C(=O)NC1CCCC1. The average molecular weight is 307 g/mol. The number of hydrogen-bond donors (Lipinski definition) is 2. The Morgan fingerprint density at radius 2 is 1.62 bits per heavy atom. The summed E-state index contributed by atoms with van der Waals surface area (Å²) in [5.74, 6) is -0.387. The fourth-order valence-corrected chi connectivity index (χ4v) is 3.05. The quantitative estimate of drug-likeness (QED) is 0.898. The molecule has 0 heterocycles. The lowest BCUT2D eigenvalue weighted by Gasteiger charge is -2.11. The van der Waals surface area contributed by atoms with Crippen LogP contribution in [0.1, 0.15) is 32.1 Å². The molecule has 21 heavy (non-hydrogen) atoms. The standard InChI is InChI=1S/C16H19ClN2O2/c17-10-5-7-12(8-6-10)19-16(21)14-9-13(14)15(20)18-11-3-1-2-4-11/h5-8,11,13-14H,1-4,9H2,(H,18,20)(H,19,21). The first-order chi connectivity index (χ1) is 10.1. The van der Waals surface area contributed by atoms with E-state index in [1.165, 1.54) is 12.8 Å². The Kier molecular flexibility index (Phi) is 4.15. The summed E-state index contributed by atoms with van der Waals surface area (Å²) in [6.45, 7) is 0. The van der Waals surface area contributed by atoms with E-state index in [4.69, 9.17) is 11.6 Å². The summed E-state index contributed by atoms with van der Waals surface area (Å²) in [6, 6.07) is 7.30. The highest BCUT2D eigenvalue weighted by atomic mass is 35.5. The van der Waals surface area contributed by atoms with E-state index in [1.54, 1.807) is 24.3 Å². The zero-order valence-electron chi connectivity index (χ0n) is 11.8. The van der Waals surface area contributed by atoms with Gasteiger partial charge in [-0.15, -0.1) is 0 Å². The molecule has 112 valence electrons. The molecule has 5 heteroatoms. The molecule has 2 aliphatic carbocycles. The van der Waals surface area contributed by atoms with Crippen LogP contribution in [0.4, 0.5) is 5.69 Å². The Hall–Kier alpha value is -1.55. The van der Waals surface area contributed by atoms with E-state index in [0.717, 1.165) is 12.8 Å². The Morgan fingerprint density at radius 3 is 2.29 bits per heavy atom. The van der Waals surface area contributed by atoms with Gasteiger partial charge in [-0.1, -0.05) is 24.4 Å². The van der Waals surface area contributed by atoms with Crippen molar-refractivity contribution in [3.05, 3.63) is 29.3 Å².